The molecule has 1 amide bonds. The molecule has 0 aliphatic carbocycles. The summed E-state index contributed by atoms with van der Waals surface area (Å²) in [7, 11) is 0. The molecule has 2 N–H and O–H groups in total. The molecule has 2 atom stereocenters. The molecule has 1 heterocycles. The number of carbonyl (C=O) groups is 2. The first-order chi connectivity index (χ1) is 12.7. The highest BCUT2D eigenvalue weighted by Gasteiger charge is 2.31. The fourth-order valence-corrected chi connectivity index (χ4v) is 3.29. The minimum atomic E-state index is -4.43. The minimum absolute atomic E-state index is 0.00808. The van der Waals surface area contributed by atoms with Crippen molar-refractivity contribution in [2.75, 3.05) is 19.8 Å². The van der Waals surface area contributed by atoms with E-state index >= 15 is 0 Å². The molecule has 1 saturated heterocycles. The Bertz CT molecular complexity index is 657. The van der Waals surface area contributed by atoms with Crippen molar-refractivity contribution in [1.82, 2.24) is 5.32 Å². The second-order valence-corrected chi connectivity index (χ2v) is 6.93. The number of benzene rings is 1. The molecule has 2 unspecified atom stereocenters. The Balaban J connectivity index is 1.91. The van der Waals surface area contributed by atoms with Crippen molar-refractivity contribution in [3.8, 4) is 0 Å². The maximum atomic E-state index is 12.8. The van der Waals surface area contributed by atoms with Gasteiger partial charge >= 0.3 is 12.1 Å². The molecule has 150 valence electrons. The van der Waals surface area contributed by atoms with Crippen LogP contribution in [0.4, 0.5) is 13.2 Å². The Morgan fingerprint density at radius 1 is 1.30 bits per heavy atom. The van der Waals surface area contributed by atoms with Gasteiger partial charge in [0, 0.05) is 26.2 Å². The summed E-state index contributed by atoms with van der Waals surface area (Å²) < 4.78 is 43.7. The molecule has 0 spiro atoms. The average molecular weight is 387 g/mol. The third-order valence-electron chi connectivity index (χ3n) is 4.95. The van der Waals surface area contributed by atoms with E-state index < -0.39 is 29.5 Å². The highest BCUT2D eigenvalue weighted by Crippen LogP contribution is 2.31. The highest BCUT2D eigenvalue weighted by atomic mass is 19.4. The summed E-state index contributed by atoms with van der Waals surface area (Å²) >= 11 is 0. The average Bonchev–Trinajstić information content (AvgIpc) is 2.62. The van der Waals surface area contributed by atoms with Crippen LogP contribution in [0.3, 0.4) is 0 Å². The lowest BCUT2D eigenvalue weighted by Gasteiger charge is -2.27. The summed E-state index contributed by atoms with van der Waals surface area (Å²) in [6.07, 6.45) is -3.18. The number of carboxylic acids is 1. The summed E-state index contributed by atoms with van der Waals surface area (Å²) in [6.45, 7) is 2.69. The van der Waals surface area contributed by atoms with Crippen LogP contribution in [0.15, 0.2) is 24.3 Å². The number of alkyl halides is 3. The zero-order valence-electron chi connectivity index (χ0n) is 15.1. The van der Waals surface area contributed by atoms with Gasteiger partial charge in [-0.2, -0.15) is 13.2 Å². The van der Waals surface area contributed by atoms with Crippen LogP contribution in [0.25, 0.3) is 0 Å². The fraction of sp³-hybridized carbons (Fsp3) is 0.579. The van der Waals surface area contributed by atoms with E-state index in [1.807, 2.05) is 0 Å². The number of ether oxygens (including phenoxy) is 1. The lowest BCUT2D eigenvalue weighted by Crippen LogP contribution is -2.39. The standard InChI is InChI=1S/C19H24F3NO4/c1-12(14-3-2-4-15(10-14)19(20,21)22)9-17(24)23-11-16(18(25)26)13-5-7-27-8-6-13/h2-4,10,12-13,16H,5-9,11H2,1H3,(H,23,24)(H,25,26). The maximum absolute atomic E-state index is 12.8. The number of amides is 1. The molecular formula is C19H24F3NO4. The van der Waals surface area contributed by atoms with Gasteiger partial charge in [0.2, 0.25) is 5.91 Å². The molecule has 8 heteroatoms. The Morgan fingerprint density at radius 2 is 1.96 bits per heavy atom. The summed E-state index contributed by atoms with van der Waals surface area (Å²) in [5.41, 5.74) is -0.336. The lowest BCUT2D eigenvalue weighted by atomic mass is 9.86. The molecule has 1 aromatic rings. The van der Waals surface area contributed by atoms with Gasteiger partial charge < -0.3 is 15.2 Å². The van der Waals surface area contributed by atoms with Gasteiger partial charge in [-0.25, -0.2) is 0 Å². The number of hydrogen-bond acceptors (Lipinski definition) is 3. The van der Waals surface area contributed by atoms with E-state index in [0.29, 0.717) is 31.6 Å². The molecule has 27 heavy (non-hydrogen) atoms. The molecule has 1 fully saturated rings. The Kier molecular flexibility index (Phi) is 7.24. The summed E-state index contributed by atoms with van der Waals surface area (Å²) in [4.78, 5) is 23.7. The zero-order valence-corrected chi connectivity index (χ0v) is 15.1. The molecule has 0 saturated carbocycles. The fourth-order valence-electron chi connectivity index (χ4n) is 3.29. The quantitative estimate of drug-likeness (QED) is 0.752. The first kappa shape index (κ1) is 21.2. The van der Waals surface area contributed by atoms with Crippen LogP contribution in [0.2, 0.25) is 0 Å². The van der Waals surface area contributed by atoms with Crippen LogP contribution in [0.1, 0.15) is 43.2 Å². The molecular weight excluding hydrogens is 363 g/mol. The van der Waals surface area contributed by atoms with Gasteiger partial charge in [-0.1, -0.05) is 25.1 Å². The highest BCUT2D eigenvalue weighted by molar-refractivity contribution is 5.78. The second kappa shape index (κ2) is 9.21. The van der Waals surface area contributed by atoms with E-state index in [4.69, 9.17) is 4.74 Å². The van der Waals surface area contributed by atoms with Crippen molar-refractivity contribution in [3.63, 3.8) is 0 Å². The van der Waals surface area contributed by atoms with Crippen LogP contribution >= 0.6 is 0 Å². The normalized spacial score (nSPS) is 17.9. The Labute approximate surface area is 155 Å². The van der Waals surface area contributed by atoms with Crippen LogP contribution in [-0.4, -0.2) is 36.7 Å². The molecule has 1 aliphatic heterocycles. The van der Waals surface area contributed by atoms with Crippen LogP contribution in [0, 0.1) is 11.8 Å². The molecule has 2 rings (SSSR count). The zero-order chi connectivity index (χ0) is 20.0. The molecule has 0 bridgehead atoms. The summed E-state index contributed by atoms with van der Waals surface area (Å²) in [5.74, 6) is -2.51. The number of aliphatic carboxylic acids is 1. The third-order valence-corrected chi connectivity index (χ3v) is 4.95. The van der Waals surface area contributed by atoms with Crippen molar-refractivity contribution in [3.05, 3.63) is 35.4 Å². The molecule has 1 aliphatic rings. The summed E-state index contributed by atoms with van der Waals surface area (Å²) in [5, 5.41) is 12.0. The van der Waals surface area contributed by atoms with Crippen LogP contribution < -0.4 is 5.32 Å². The van der Waals surface area contributed by atoms with E-state index in [2.05, 4.69) is 5.32 Å². The molecule has 0 aromatic heterocycles. The van der Waals surface area contributed by atoms with Gasteiger partial charge in [-0.05, 0) is 36.3 Å². The maximum Gasteiger partial charge on any atom is 0.416 e. The van der Waals surface area contributed by atoms with Gasteiger partial charge in [0.1, 0.15) is 0 Å². The minimum Gasteiger partial charge on any atom is -0.481 e. The summed E-state index contributed by atoms with van der Waals surface area (Å²) in [6, 6.07) is 4.90. The molecule has 5 nitrogen and oxygen atoms in total. The predicted octanol–water partition coefficient (Wildman–Crippen LogP) is 3.44. The number of hydrogen-bond donors (Lipinski definition) is 2. The van der Waals surface area contributed by atoms with Gasteiger partial charge in [-0.15, -0.1) is 0 Å². The topological polar surface area (TPSA) is 75.6 Å². The second-order valence-electron chi connectivity index (χ2n) is 6.93. The largest absolute Gasteiger partial charge is 0.481 e. The van der Waals surface area contributed by atoms with Crippen LogP contribution in [-0.2, 0) is 20.5 Å². The van der Waals surface area contributed by atoms with E-state index in [0.717, 1.165) is 12.1 Å². The van der Waals surface area contributed by atoms with Gasteiger partial charge in [-0.3, -0.25) is 9.59 Å². The first-order valence-corrected chi connectivity index (χ1v) is 8.93. The van der Waals surface area contributed by atoms with E-state index in [1.165, 1.54) is 6.07 Å². The Hall–Kier alpha value is -2.09. The number of rotatable bonds is 7. The van der Waals surface area contributed by atoms with Crippen molar-refractivity contribution >= 4 is 11.9 Å². The van der Waals surface area contributed by atoms with Crippen molar-refractivity contribution in [2.24, 2.45) is 11.8 Å². The Morgan fingerprint density at radius 3 is 2.56 bits per heavy atom. The number of nitrogens with one attached hydrogen (secondary N) is 1. The van der Waals surface area contributed by atoms with E-state index in [-0.39, 0.29) is 24.8 Å². The number of carbonyl (C=O) groups excluding carboxylic acids is 1. The lowest BCUT2D eigenvalue weighted by molar-refractivity contribution is -0.145. The van der Waals surface area contributed by atoms with Crippen molar-refractivity contribution in [2.45, 2.75) is 38.3 Å². The first-order valence-electron chi connectivity index (χ1n) is 8.93. The molecule has 1 aromatic carbocycles. The van der Waals surface area contributed by atoms with Crippen molar-refractivity contribution < 1.29 is 32.6 Å². The van der Waals surface area contributed by atoms with Crippen LogP contribution in [0.5, 0.6) is 0 Å². The third kappa shape index (κ3) is 6.23. The van der Waals surface area contributed by atoms with Gasteiger partial charge in [0.25, 0.3) is 0 Å². The monoisotopic (exact) mass is 387 g/mol. The number of halogens is 3. The van der Waals surface area contributed by atoms with E-state index in [1.54, 1.807) is 13.0 Å². The van der Waals surface area contributed by atoms with Crippen molar-refractivity contribution in [1.29, 1.82) is 0 Å². The molecule has 0 radical (unpaired) electrons. The SMILES string of the molecule is CC(CC(=O)NCC(C(=O)O)C1CCOCC1)c1cccc(C(F)(F)F)c1. The van der Waals surface area contributed by atoms with Gasteiger partial charge in [0.15, 0.2) is 0 Å². The predicted molar refractivity (Wildman–Crippen MR) is 92.2 cm³/mol. The van der Waals surface area contributed by atoms with E-state index in [9.17, 15) is 27.9 Å². The van der Waals surface area contributed by atoms with Gasteiger partial charge in [0.05, 0.1) is 11.5 Å². The smallest absolute Gasteiger partial charge is 0.416 e. The number of carboxylic acid groups (broad SMARTS) is 1.